The molecule has 1 heterocycles. The highest BCUT2D eigenvalue weighted by Crippen LogP contribution is 2.27. The van der Waals surface area contributed by atoms with Gasteiger partial charge in [-0.05, 0) is 18.9 Å². The van der Waals surface area contributed by atoms with Gasteiger partial charge in [-0.1, -0.05) is 19.3 Å². The Kier molecular flexibility index (Phi) is 4.04. The summed E-state index contributed by atoms with van der Waals surface area (Å²) >= 11 is 0. The van der Waals surface area contributed by atoms with Gasteiger partial charge in [0.1, 0.15) is 11.3 Å². The molecule has 1 aromatic rings. The Balaban J connectivity index is 1.84. The Morgan fingerprint density at radius 3 is 2.78 bits per heavy atom. The second-order valence-electron chi connectivity index (χ2n) is 4.95. The van der Waals surface area contributed by atoms with Crippen LogP contribution in [0.2, 0.25) is 0 Å². The molecule has 0 amide bonds. The third-order valence-electron chi connectivity index (χ3n) is 3.50. The van der Waals surface area contributed by atoms with E-state index >= 15 is 0 Å². The fourth-order valence-electron chi connectivity index (χ4n) is 2.46. The molecule has 18 heavy (non-hydrogen) atoms. The SMILES string of the molecule is O=C(O)c1ccoc1CNCC1(O)CCCCC1. The summed E-state index contributed by atoms with van der Waals surface area (Å²) in [5.41, 5.74) is -0.466. The molecule has 1 aliphatic rings. The minimum atomic E-state index is -0.989. The van der Waals surface area contributed by atoms with Crippen LogP contribution in [-0.4, -0.2) is 28.3 Å². The molecule has 0 spiro atoms. The predicted octanol–water partition coefficient (Wildman–Crippen LogP) is 1.76. The lowest BCUT2D eigenvalue weighted by Gasteiger charge is -2.32. The van der Waals surface area contributed by atoms with Crippen LogP contribution in [0.1, 0.15) is 48.2 Å². The summed E-state index contributed by atoms with van der Waals surface area (Å²) < 4.78 is 5.12. The lowest BCUT2D eigenvalue weighted by atomic mass is 9.85. The van der Waals surface area contributed by atoms with Crippen molar-refractivity contribution in [3.05, 3.63) is 23.7 Å². The number of rotatable bonds is 5. The number of aromatic carboxylic acids is 1. The molecular weight excluding hydrogens is 234 g/mol. The number of carboxylic acids is 1. The standard InChI is InChI=1S/C13H19NO4/c15-12(16)10-4-7-18-11(10)8-14-9-13(17)5-2-1-3-6-13/h4,7,14,17H,1-3,5-6,8-9H2,(H,15,16). The van der Waals surface area contributed by atoms with Gasteiger partial charge < -0.3 is 19.9 Å². The number of nitrogens with one attached hydrogen (secondary N) is 1. The van der Waals surface area contributed by atoms with Crippen LogP contribution in [0.25, 0.3) is 0 Å². The van der Waals surface area contributed by atoms with Crippen LogP contribution >= 0.6 is 0 Å². The van der Waals surface area contributed by atoms with Crippen molar-refractivity contribution in [1.82, 2.24) is 5.32 Å². The molecule has 1 aromatic heterocycles. The third-order valence-corrected chi connectivity index (χ3v) is 3.50. The van der Waals surface area contributed by atoms with Crippen LogP contribution in [0.5, 0.6) is 0 Å². The molecule has 0 bridgehead atoms. The molecule has 0 unspecified atom stereocenters. The van der Waals surface area contributed by atoms with Crippen molar-refractivity contribution in [1.29, 1.82) is 0 Å². The fraction of sp³-hybridized carbons (Fsp3) is 0.615. The maximum Gasteiger partial charge on any atom is 0.339 e. The van der Waals surface area contributed by atoms with Crippen molar-refractivity contribution in [2.24, 2.45) is 0 Å². The number of hydrogen-bond acceptors (Lipinski definition) is 4. The smallest absolute Gasteiger partial charge is 0.339 e. The van der Waals surface area contributed by atoms with E-state index in [2.05, 4.69) is 5.32 Å². The van der Waals surface area contributed by atoms with E-state index in [0.717, 1.165) is 25.7 Å². The van der Waals surface area contributed by atoms with Crippen LogP contribution in [-0.2, 0) is 6.54 Å². The van der Waals surface area contributed by atoms with Gasteiger partial charge in [-0.25, -0.2) is 4.79 Å². The minimum Gasteiger partial charge on any atom is -0.478 e. The van der Waals surface area contributed by atoms with Crippen molar-refractivity contribution < 1.29 is 19.4 Å². The highest BCUT2D eigenvalue weighted by molar-refractivity contribution is 5.88. The zero-order valence-corrected chi connectivity index (χ0v) is 10.3. The van der Waals surface area contributed by atoms with Gasteiger partial charge in [-0.3, -0.25) is 0 Å². The van der Waals surface area contributed by atoms with Gasteiger partial charge in [-0.15, -0.1) is 0 Å². The molecule has 100 valence electrons. The molecule has 1 aliphatic carbocycles. The number of hydrogen-bond donors (Lipinski definition) is 3. The second kappa shape index (κ2) is 5.54. The van der Waals surface area contributed by atoms with E-state index in [9.17, 15) is 9.90 Å². The summed E-state index contributed by atoms with van der Waals surface area (Å²) in [5.74, 6) is -0.584. The van der Waals surface area contributed by atoms with Crippen molar-refractivity contribution in [3.8, 4) is 0 Å². The summed E-state index contributed by atoms with van der Waals surface area (Å²) in [5, 5.41) is 22.3. The fourth-order valence-corrected chi connectivity index (χ4v) is 2.46. The number of aliphatic hydroxyl groups is 1. The first-order valence-electron chi connectivity index (χ1n) is 6.33. The minimum absolute atomic E-state index is 0.179. The molecule has 0 atom stereocenters. The average molecular weight is 253 g/mol. The van der Waals surface area contributed by atoms with E-state index in [1.54, 1.807) is 0 Å². The lowest BCUT2D eigenvalue weighted by Crippen LogP contribution is -2.41. The average Bonchev–Trinajstić information content (AvgIpc) is 2.78. The first-order chi connectivity index (χ1) is 8.61. The Morgan fingerprint density at radius 1 is 1.39 bits per heavy atom. The van der Waals surface area contributed by atoms with Gasteiger partial charge in [0.15, 0.2) is 0 Å². The van der Waals surface area contributed by atoms with Crippen molar-refractivity contribution in [2.75, 3.05) is 6.54 Å². The van der Waals surface area contributed by atoms with Gasteiger partial charge in [0.2, 0.25) is 0 Å². The van der Waals surface area contributed by atoms with Crippen LogP contribution in [0, 0.1) is 0 Å². The van der Waals surface area contributed by atoms with E-state index < -0.39 is 11.6 Å². The van der Waals surface area contributed by atoms with Gasteiger partial charge in [0.25, 0.3) is 0 Å². The van der Waals surface area contributed by atoms with Crippen molar-refractivity contribution in [3.63, 3.8) is 0 Å². The normalized spacial score (nSPS) is 18.7. The number of carboxylic acid groups (broad SMARTS) is 1. The lowest BCUT2D eigenvalue weighted by molar-refractivity contribution is 0.00437. The molecule has 0 aliphatic heterocycles. The zero-order chi connectivity index (χ0) is 13.0. The van der Waals surface area contributed by atoms with E-state index in [0.29, 0.717) is 18.8 Å². The molecule has 3 N–H and O–H groups in total. The monoisotopic (exact) mass is 253 g/mol. The summed E-state index contributed by atoms with van der Waals surface area (Å²) in [6, 6.07) is 1.44. The molecule has 1 saturated carbocycles. The van der Waals surface area contributed by atoms with E-state index in [-0.39, 0.29) is 5.56 Å². The maximum atomic E-state index is 10.9. The molecule has 0 aromatic carbocycles. The highest BCUT2D eigenvalue weighted by atomic mass is 16.4. The summed E-state index contributed by atoms with van der Waals surface area (Å²) in [7, 11) is 0. The van der Waals surface area contributed by atoms with Crippen molar-refractivity contribution >= 4 is 5.97 Å². The molecule has 2 rings (SSSR count). The first-order valence-corrected chi connectivity index (χ1v) is 6.33. The Hall–Kier alpha value is -1.33. The van der Waals surface area contributed by atoms with E-state index in [1.807, 2.05) is 0 Å². The quantitative estimate of drug-likeness (QED) is 0.744. The molecule has 5 heteroatoms. The van der Waals surface area contributed by atoms with Crippen LogP contribution < -0.4 is 5.32 Å². The van der Waals surface area contributed by atoms with Crippen LogP contribution in [0.3, 0.4) is 0 Å². The predicted molar refractivity (Wildman–Crippen MR) is 65.4 cm³/mol. The Bertz CT molecular complexity index is 407. The zero-order valence-electron chi connectivity index (χ0n) is 10.3. The van der Waals surface area contributed by atoms with Gasteiger partial charge >= 0.3 is 5.97 Å². The van der Waals surface area contributed by atoms with Gasteiger partial charge in [-0.2, -0.15) is 0 Å². The first kappa shape index (κ1) is 13.1. The molecule has 5 nitrogen and oxygen atoms in total. The summed E-state index contributed by atoms with van der Waals surface area (Å²) in [4.78, 5) is 10.9. The largest absolute Gasteiger partial charge is 0.478 e. The summed E-state index contributed by atoms with van der Waals surface area (Å²) in [6.07, 6.45) is 6.28. The van der Waals surface area contributed by atoms with Crippen molar-refractivity contribution in [2.45, 2.75) is 44.2 Å². The molecule has 0 saturated heterocycles. The summed E-state index contributed by atoms with van der Waals surface area (Å²) in [6.45, 7) is 0.809. The molecule has 1 fully saturated rings. The number of furan rings is 1. The van der Waals surface area contributed by atoms with Gasteiger partial charge in [0, 0.05) is 6.54 Å². The molecular formula is C13H19NO4. The van der Waals surface area contributed by atoms with Gasteiger partial charge in [0.05, 0.1) is 18.4 Å². The van der Waals surface area contributed by atoms with E-state index in [1.165, 1.54) is 18.8 Å². The van der Waals surface area contributed by atoms with Crippen LogP contribution in [0.15, 0.2) is 16.7 Å². The molecule has 0 radical (unpaired) electrons. The van der Waals surface area contributed by atoms with Crippen LogP contribution in [0.4, 0.5) is 0 Å². The second-order valence-corrected chi connectivity index (χ2v) is 4.95. The third kappa shape index (κ3) is 3.11. The maximum absolute atomic E-state index is 10.9. The topological polar surface area (TPSA) is 82.7 Å². The highest BCUT2D eigenvalue weighted by Gasteiger charge is 2.28. The Labute approximate surface area is 106 Å². The Morgan fingerprint density at radius 2 is 2.11 bits per heavy atom. The number of carbonyl (C=O) groups is 1. The van der Waals surface area contributed by atoms with E-state index in [4.69, 9.17) is 9.52 Å².